The molecule has 8 heavy (non-hydrogen) atoms. The van der Waals surface area contributed by atoms with Crippen LogP contribution < -0.4 is 37.2 Å². The fourth-order valence-electron chi connectivity index (χ4n) is 0. The van der Waals surface area contributed by atoms with E-state index in [4.69, 9.17) is 0 Å². The molecule has 0 unspecified atom stereocenters. The monoisotopic (exact) mass is 374 g/mol. The molecule has 0 aliphatic heterocycles. The van der Waals surface area contributed by atoms with Crippen LogP contribution in [0.25, 0.3) is 0 Å². The van der Waals surface area contributed by atoms with Crippen LogP contribution in [0.4, 0.5) is 0 Å². The second kappa shape index (κ2) is 223. The zero-order valence-electron chi connectivity index (χ0n) is 3.44. The predicted octanol–water partition coefficient (Wildman–Crippen LogP) is -12.3. The maximum Gasteiger partial charge on any atom is 3.00 e. The van der Waals surface area contributed by atoms with Gasteiger partial charge in [-0.15, -0.1) is 0 Å². The zero-order chi connectivity index (χ0) is 0. The Kier molecular flexibility index (Phi) is 8940. The first-order valence-corrected chi connectivity index (χ1v) is 0. The van der Waals surface area contributed by atoms with Crippen molar-refractivity contribution in [2.24, 2.45) is 0 Å². The van der Waals surface area contributed by atoms with Crippen molar-refractivity contribution in [1.82, 2.24) is 0 Å². The summed E-state index contributed by atoms with van der Waals surface area (Å²) >= 11 is 0. The number of hydrogen-bond acceptors (Lipinski definition) is 0. The van der Waals surface area contributed by atoms with Gasteiger partial charge < -0.3 is 59.1 Å². The molecule has 8 N–H and O–H groups in total. The molecule has 0 radical (unpaired) electrons. The molecule has 0 heterocycles. The van der Waals surface area contributed by atoms with Crippen LogP contribution in [-0.2, 0) is 22.4 Å². The third-order valence-corrected chi connectivity index (χ3v) is 0. The Morgan fingerprint density at radius 2 is 0.375 bits per heavy atom. The van der Waals surface area contributed by atoms with Crippen molar-refractivity contribution >= 4 is 0 Å². The molecular weight excluding hydrogens is 367 g/mol. The normalized spacial score (nSPS) is 0. The number of hydrogen-bond donors (Lipinski definition) is 0. The fraction of sp³-hybridized carbons (Fsp3) is 0. The minimum atomic E-state index is 0. The summed E-state index contributed by atoms with van der Waals surface area (Å²) < 4.78 is 0. The molecule has 0 saturated carbocycles. The third kappa shape index (κ3) is 147. The van der Waals surface area contributed by atoms with Crippen molar-refractivity contribution in [2.45, 2.75) is 0 Å². The Balaban J connectivity index is 0. The Morgan fingerprint density at radius 3 is 0.375 bits per heavy atom. The summed E-state index contributed by atoms with van der Waals surface area (Å²) in [6.07, 6.45) is 0. The van der Waals surface area contributed by atoms with Crippen LogP contribution in [-0.4, -0.2) is 21.9 Å². The van der Waals surface area contributed by atoms with Crippen LogP contribution >= 0.6 is 0 Å². The van der Waals surface area contributed by atoms with Gasteiger partial charge in [0.15, 0.2) is 0 Å². The van der Waals surface area contributed by atoms with Gasteiger partial charge in [-0.1, -0.05) is 0 Å². The second-order valence-electron chi connectivity index (χ2n) is 0. The molecule has 0 aliphatic carbocycles. The number of halogens is 3. The second-order valence-corrected chi connectivity index (χ2v) is 0. The molecule has 0 fully saturated rings. The van der Waals surface area contributed by atoms with Crippen LogP contribution in [0.5, 0.6) is 0 Å². The van der Waals surface area contributed by atoms with Crippen molar-refractivity contribution in [3.63, 3.8) is 0 Å². The van der Waals surface area contributed by atoms with Gasteiger partial charge in [0, 0.05) is 0 Å². The predicted molar refractivity (Wildman–Crippen MR) is 14.5 cm³/mol. The van der Waals surface area contributed by atoms with Crippen LogP contribution in [0.2, 0.25) is 0 Å². The first-order valence-electron chi connectivity index (χ1n) is 0. The molecule has 0 aromatic rings. The van der Waals surface area contributed by atoms with Gasteiger partial charge in [-0.3, -0.25) is 0 Å². The van der Waals surface area contributed by atoms with Gasteiger partial charge in [0.05, 0.1) is 0 Å². The average molecular weight is 375 g/mol. The Hall–Kier alpha value is 1.45. The quantitative estimate of drug-likeness (QED) is 0.373. The first-order chi connectivity index (χ1) is 0. The minimum Gasteiger partial charge on any atom is -1.00 e. The van der Waals surface area contributed by atoms with Gasteiger partial charge in [0.1, 0.15) is 0 Å². The number of rotatable bonds is 0. The van der Waals surface area contributed by atoms with E-state index in [9.17, 15) is 0 Å². The first kappa shape index (κ1) is 321. The van der Waals surface area contributed by atoms with E-state index in [1.807, 2.05) is 0 Å². The largest absolute Gasteiger partial charge is 3.00 e. The summed E-state index contributed by atoms with van der Waals surface area (Å²) in [6, 6.07) is 0. The maximum atomic E-state index is 0. The van der Waals surface area contributed by atoms with Crippen LogP contribution in [0.3, 0.4) is 0 Å². The average Bonchev–Trinajstić information content (AvgIpc) is 0. The SMILES string of the molecule is O.O.O.O.[Au+3].[Cl-].[Cl-].[Cl-]. The molecule has 0 aromatic carbocycles. The van der Waals surface area contributed by atoms with E-state index in [1.165, 1.54) is 0 Å². The molecule has 0 saturated heterocycles. The van der Waals surface area contributed by atoms with Crippen molar-refractivity contribution in [2.75, 3.05) is 0 Å². The maximum absolute atomic E-state index is 0. The van der Waals surface area contributed by atoms with E-state index >= 15 is 0 Å². The van der Waals surface area contributed by atoms with E-state index in [-0.39, 0.29) is 81.5 Å². The van der Waals surface area contributed by atoms with Crippen LogP contribution in [0, 0.1) is 0 Å². The van der Waals surface area contributed by atoms with E-state index in [0.717, 1.165) is 0 Å². The van der Waals surface area contributed by atoms with Crippen molar-refractivity contribution in [3.8, 4) is 0 Å². The van der Waals surface area contributed by atoms with Gasteiger partial charge in [-0.25, -0.2) is 0 Å². The van der Waals surface area contributed by atoms with Crippen molar-refractivity contribution in [1.29, 1.82) is 0 Å². The molecule has 4 nitrogen and oxygen atoms in total. The van der Waals surface area contributed by atoms with Crippen molar-refractivity contribution < 1.29 is 81.5 Å². The molecule has 0 spiro atoms. The molecule has 64 valence electrons. The van der Waals surface area contributed by atoms with E-state index < -0.39 is 0 Å². The molecule has 0 rings (SSSR count). The zero-order valence-corrected chi connectivity index (χ0v) is 7.87. The summed E-state index contributed by atoms with van der Waals surface area (Å²) in [5.41, 5.74) is 0. The summed E-state index contributed by atoms with van der Waals surface area (Å²) in [6.45, 7) is 0. The van der Waals surface area contributed by atoms with E-state index in [2.05, 4.69) is 0 Å². The molecule has 0 amide bonds. The van der Waals surface area contributed by atoms with Gasteiger partial charge in [-0.05, 0) is 0 Å². The fourth-order valence-corrected chi connectivity index (χ4v) is 0. The topological polar surface area (TPSA) is 126 Å². The van der Waals surface area contributed by atoms with Gasteiger partial charge >= 0.3 is 22.4 Å². The third-order valence-electron chi connectivity index (χ3n) is 0. The molecule has 0 bridgehead atoms. The summed E-state index contributed by atoms with van der Waals surface area (Å²) in [7, 11) is 0. The Morgan fingerprint density at radius 1 is 0.375 bits per heavy atom. The molecular formula is H8AuCl3O4. The minimum absolute atomic E-state index is 0. The summed E-state index contributed by atoms with van der Waals surface area (Å²) in [5.74, 6) is 0. The van der Waals surface area contributed by atoms with E-state index in [0.29, 0.717) is 0 Å². The van der Waals surface area contributed by atoms with E-state index in [1.54, 1.807) is 0 Å². The van der Waals surface area contributed by atoms with Crippen molar-refractivity contribution in [3.05, 3.63) is 0 Å². The Bertz CT molecular complexity index is 11.2. The van der Waals surface area contributed by atoms with Gasteiger partial charge in [0.2, 0.25) is 0 Å². The summed E-state index contributed by atoms with van der Waals surface area (Å²) in [4.78, 5) is 0. The molecule has 0 atom stereocenters. The Labute approximate surface area is 81.4 Å². The molecule has 0 aromatic heterocycles. The standard InChI is InChI=1S/Au.3ClH.4H2O/h;3*1H;4*1H2/q+3;;;;;;;/p-3. The van der Waals surface area contributed by atoms with Gasteiger partial charge in [0.25, 0.3) is 0 Å². The summed E-state index contributed by atoms with van der Waals surface area (Å²) in [5, 5.41) is 0. The van der Waals surface area contributed by atoms with Gasteiger partial charge in [-0.2, -0.15) is 0 Å². The molecule has 0 aliphatic rings. The van der Waals surface area contributed by atoms with Crippen LogP contribution in [0.15, 0.2) is 0 Å². The smallest absolute Gasteiger partial charge is 1.00 e. The van der Waals surface area contributed by atoms with Crippen LogP contribution in [0.1, 0.15) is 0 Å². The molecule has 8 heteroatoms.